The number of benzene rings is 2. The summed E-state index contributed by atoms with van der Waals surface area (Å²) in [4.78, 5) is 22.2. The second kappa shape index (κ2) is 11.5. The van der Waals surface area contributed by atoms with Crippen LogP contribution in [0, 0.1) is 0 Å². The summed E-state index contributed by atoms with van der Waals surface area (Å²) in [5.74, 6) is -0.602. The maximum atomic E-state index is 13.6. The van der Waals surface area contributed by atoms with Crippen LogP contribution in [-0.2, 0) is 12.7 Å². The Bertz CT molecular complexity index is 1330. The Balaban J connectivity index is 1.56. The van der Waals surface area contributed by atoms with Crippen molar-refractivity contribution in [3.8, 4) is 17.0 Å². The largest absolute Gasteiger partial charge is 0.494 e. The lowest BCUT2D eigenvalue weighted by Gasteiger charge is -2.40. The number of carboxylic acids is 1. The highest BCUT2D eigenvalue weighted by Crippen LogP contribution is 2.37. The van der Waals surface area contributed by atoms with Crippen LogP contribution in [0.4, 0.5) is 13.2 Å². The van der Waals surface area contributed by atoms with Crippen LogP contribution in [0.5, 0.6) is 5.75 Å². The van der Waals surface area contributed by atoms with E-state index in [-0.39, 0.29) is 16.8 Å². The molecule has 208 valence electrons. The first-order valence-corrected chi connectivity index (χ1v) is 13.7. The van der Waals surface area contributed by atoms with Gasteiger partial charge < -0.3 is 14.7 Å². The fourth-order valence-electron chi connectivity index (χ4n) is 5.97. The van der Waals surface area contributed by atoms with Gasteiger partial charge in [0.25, 0.3) is 0 Å². The van der Waals surface area contributed by atoms with E-state index in [2.05, 4.69) is 9.80 Å². The van der Waals surface area contributed by atoms with Crippen molar-refractivity contribution in [1.82, 2.24) is 14.8 Å². The van der Waals surface area contributed by atoms with Crippen LogP contribution < -0.4 is 4.74 Å². The highest BCUT2D eigenvalue weighted by molar-refractivity contribution is 6.06. The number of nitrogens with zero attached hydrogens (tertiary/aromatic N) is 3. The molecule has 9 heteroatoms. The number of piperidine rings is 2. The molecule has 3 aromatic rings. The lowest BCUT2D eigenvalue weighted by atomic mass is 9.94. The molecule has 0 radical (unpaired) electrons. The molecule has 1 N–H and O–H groups in total. The van der Waals surface area contributed by atoms with Crippen molar-refractivity contribution in [2.24, 2.45) is 0 Å². The van der Waals surface area contributed by atoms with E-state index in [1.807, 2.05) is 6.92 Å². The molecule has 2 saturated heterocycles. The van der Waals surface area contributed by atoms with E-state index < -0.39 is 17.7 Å². The maximum Gasteiger partial charge on any atom is 0.416 e. The highest BCUT2D eigenvalue weighted by Gasteiger charge is 2.32. The third kappa shape index (κ3) is 6.04. The van der Waals surface area contributed by atoms with Gasteiger partial charge in [0.05, 0.1) is 28.9 Å². The molecule has 5 rings (SSSR count). The number of rotatable bonds is 7. The molecule has 0 saturated carbocycles. The Morgan fingerprint density at radius 1 is 1.05 bits per heavy atom. The summed E-state index contributed by atoms with van der Waals surface area (Å²) in [5, 5.41) is 10.8. The quantitative estimate of drug-likeness (QED) is 0.370. The number of pyridine rings is 1. The van der Waals surface area contributed by atoms with E-state index in [9.17, 15) is 23.1 Å². The Labute approximate surface area is 226 Å². The Kier molecular flexibility index (Phi) is 8.09. The van der Waals surface area contributed by atoms with Gasteiger partial charge >= 0.3 is 12.1 Å². The minimum Gasteiger partial charge on any atom is -0.494 e. The van der Waals surface area contributed by atoms with Crippen molar-refractivity contribution in [2.45, 2.75) is 57.8 Å². The summed E-state index contributed by atoms with van der Waals surface area (Å²) >= 11 is 0. The van der Waals surface area contributed by atoms with Crippen molar-refractivity contribution in [3.63, 3.8) is 0 Å². The first-order chi connectivity index (χ1) is 18.7. The van der Waals surface area contributed by atoms with Crippen LogP contribution in [0.25, 0.3) is 22.2 Å². The van der Waals surface area contributed by atoms with Gasteiger partial charge in [-0.3, -0.25) is 4.90 Å². The van der Waals surface area contributed by atoms with E-state index in [1.165, 1.54) is 25.3 Å². The van der Waals surface area contributed by atoms with Gasteiger partial charge in [-0.2, -0.15) is 13.2 Å². The van der Waals surface area contributed by atoms with Crippen LogP contribution in [0.15, 0.2) is 42.5 Å². The SMILES string of the molecule is CCOc1ccc2c(C(=O)O)c(CN3CCC(N4CCCCC4)CC3)c(-c3cccc(C(F)(F)F)c3)nc2c1. The summed E-state index contributed by atoms with van der Waals surface area (Å²) in [6.45, 7) is 6.41. The number of aromatic nitrogens is 1. The predicted molar refractivity (Wildman–Crippen MR) is 144 cm³/mol. The molecular formula is C30H34F3N3O3. The van der Waals surface area contributed by atoms with E-state index in [0.29, 0.717) is 41.4 Å². The topological polar surface area (TPSA) is 65.9 Å². The van der Waals surface area contributed by atoms with Gasteiger partial charge in [0.2, 0.25) is 0 Å². The summed E-state index contributed by atoms with van der Waals surface area (Å²) < 4.78 is 46.4. The Morgan fingerprint density at radius 2 is 1.79 bits per heavy atom. The van der Waals surface area contributed by atoms with Gasteiger partial charge in [-0.15, -0.1) is 0 Å². The van der Waals surface area contributed by atoms with Crippen LogP contribution >= 0.6 is 0 Å². The third-order valence-electron chi connectivity index (χ3n) is 7.89. The summed E-state index contributed by atoms with van der Waals surface area (Å²) in [6.07, 6.45) is 1.19. The zero-order valence-electron chi connectivity index (χ0n) is 22.1. The molecule has 0 unspecified atom stereocenters. The summed E-state index contributed by atoms with van der Waals surface area (Å²) in [7, 11) is 0. The average molecular weight is 542 g/mol. The average Bonchev–Trinajstić information content (AvgIpc) is 2.93. The van der Waals surface area contributed by atoms with Crippen LogP contribution in [0.3, 0.4) is 0 Å². The molecule has 2 fully saturated rings. The molecule has 0 bridgehead atoms. The van der Waals surface area contributed by atoms with Gasteiger partial charge in [-0.05, 0) is 83.1 Å². The molecule has 0 atom stereocenters. The fraction of sp³-hybridized carbons (Fsp3) is 0.467. The Morgan fingerprint density at radius 3 is 2.46 bits per heavy atom. The summed E-state index contributed by atoms with van der Waals surface area (Å²) in [5.41, 5.74) is 0.601. The lowest BCUT2D eigenvalue weighted by Crippen LogP contribution is -2.46. The van der Waals surface area contributed by atoms with Crippen molar-refractivity contribution >= 4 is 16.9 Å². The van der Waals surface area contributed by atoms with Crippen molar-refractivity contribution in [2.75, 3.05) is 32.8 Å². The maximum absolute atomic E-state index is 13.6. The molecule has 2 aliphatic heterocycles. The fourth-order valence-corrected chi connectivity index (χ4v) is 5.97. The second-order valence-electron chi connectivity index (χ2n) is 10.4. The number of hydrogen-bond donors (Lipinski definition) is 1. The van der Waals surface area contributed by atoms with Crippen molar-refractivity contribution in [3.05, 3.63) is 59.2 Å². The molecule has 0 amide bonds. The van der Waals surface area contributed by atoms with E-state index >= 15 is 0 Å². The number of carboxylic acid groups (broad SMARTS) is 1. The minimum absolute atomic E-state index is 0.0774. The van der Waals surface area contributed by atoms with Crippen molar-refractivity contribution in [1.29, 1.82) is 0 Å². The lowest BCUT2D eigenvalue weighted by molar-refractivity contribution is -0.137. The number of aromatic carboxylic acids is 1. The van der Waals surface area contributed by atoms with Gasteiger partial charge in [-0.25, -0.2) is 9.78 Å². The molecule has 39 heavy (non-hydrogen) atoms. The van der Waals surface area contributed by atoms with Gasteiger partial charge in [0.1, 0.15) is 5.75 Å². The number of halogens is 3. The predicted octanol–water partition coefficient (Wildman–Crippen LogP) is 6.47. The number of fused-ring (bicyclic) bond motifs is 1. The smallest absolute Gasteiger partial charge is 0.416 e. The van der Waals surface area contributed by atoms with Gasteiger partial charge in [-0.1, -0.05) is 18.6 Å². The Hall–Kier alpha value is -3.17. The summed E-state index contributed by atoms with van der Waals surface area (Å²) in [6, 6.07) is 10.5. The minimum atomic E-state index is -4.53. The van der Waals surface area contributed by atoms with Gasteiger partial charge in [0.15, 0.2) is 0 Å². The van der Waals surface area contributed by atoms with E-state index in [4.69, 9.17) is 9.72 Å². The van der Waals surface area contributed by atoms with Crippen molar-refractivity contribution < 1.29 is 27.8 Å². The second-order valence-corrected chi connectivity index (χ2v) is 10.4. The number of hydrogen-bond acceptors (Lipinski definition) is 5. The monoisotopic (exact) mass is 541 g/mol. The standard InChI is InChI=1S/C30H34F3N3O3/c1-2-39-23-9-10-24-26(18-23)34-28(20-7-6-8-21(17-20)30(31,32)33)25(27(24)29(37)38)19-35-15-11-22(12-16-35)36-13-4-3-5-14-36/h6-10,17-18,22H,2-5,11-16,19H2,1H3,(H,37,38). The number of likely N-dealkylation sites (tertiary alicyclic amines) is 2. The first kappa shape index (κ1) is 27.4. The molecule has 0 aliphatic carbocycles. The number of ether oxygens (including phenoxy) is 1. The molecule has 3 heterocycles. The first-order valence-electron chi connectivity index (χ1n) is 13.7. The highest BCUT2D eigenvalue weighted by atomic mass is 19.4. The van der Waals surface area contributed by atoms with Crippen LogP contribution in [0.2, 0.25) is 0 Å². The molecule has 1 aromatic heterocycles. The zero-order valence-corrected chi connectivity index (χ0v) is 22.1. The third-order valence-corrected chi connectivity index (χ3v) is 7.89. The molecular weight excluding hydrogens is 507 g/mol. The number of carbonyl (C=O) groups is 1. The van der Waals surface area contributed by atoms with Gasteiger partial charge in [0, 0.05) is 35.2 Å². The van der Waals surface area contributed by atoms with E-state index in [1.54, 1.807) is 24.3 Å². The molecule has 0 spiro atoms. The zero-order chi connectivity index (χ0) is 27.6. The molecule has 6 nitrogen and oxygen atoms in total. The molecule has 2 aliphatic rings. The van der Waals surface area contributed by atoms with Crippen LogP contribution in [-0.4, -0.2) is 64.7 Å². The van der Waals surface area contributed by atoms with E-state index in [0.717, 1.165) is 51.2 Å². The normalized spacial score (nSPS) is 17.9. The van der Waals surface area contributed by atoms with Crippen LogP contribution in [0.1, 0.15) is 60.5 Å². The number of alkyl halides is 3. The molecule has 2 aromatic carbocycles.